The molecular formula is C21H36IN5O2. The molecule has 2 aliphatic heterocycles. The molecule has 1 aromatic heterocycles. The first kappa shape index (κ1) is 24.1. The summed E-state index contributed by atoms with van der Waals surface area (Å²) in [7, 11) is 3.95. The number of nitrogens with one attached hydrogen (secondary N) is 1. The van der Waals surface area contributed by atoms with Crippen molar-refractivity contribution in [2.75, 3.05) is 58.5 Å². The first-order chi connectivity index (χ1) is 13.7. The van der Waals surface area contributed by atoms with Gasteiger partial charge in [0.15, 0.2) is 5.96 Å². The van der Waals surface area contributed by atoms with Crippen molar-refractivity contribution in [3.8, 4) is 0 Å². The quantitative estimate of drug-likeness (QED) is 0.356. The summed E-state index contributed by atoms with van der Waals surface area (Å²) >= 11 is 0. The van der Waals surface area contributed by atoms with Gasteiger partial charge in [0.2, 0.25) is 0 Å². The number of guanidine groups is 1. The third-order valence-corrected chi connectivity index (χ3v) is 5.61. The third-order valence-electron chi connectivity index (χ3n) is 5.61. The van der Waals surface area contributed by atoms with Crippen LogP contribution in [-0.4, -0.2) is 75.5 Å². The molecular weight excluding hydrogens is 481 g/mol. The van der Waals surface area contributed by atoms with Gasteiger partial charge in [0, 0.05) is 59.7 Å². The van der Waals surface area contributed by atoms with E-state index in [1.54, 1.807) is 0 Å². The van der Waals surface area contributed by atoms with Crippen molar-refractivity contribution in [1.82, 2.24) is 15.2 Å². The molecule has 0 radical (unpaired) electrons. The van der Waals surface area contributed by atoms with Gasteiger partial charge in [-0.05, 0) is 43.7 Å². The van der Waals surface area contributed by atoms with Crippen LogP contribution < -0.4 is 10.2 Å². The number of aliphatic imine (C=N–C) groups is 1. The van der Waals surface area contributed by atoms with Gasteiger partial charge in [-0.25, -0.2) is 4.98 Å². The van der Waals surface area contributed by atoms with E-state index in [4.69, 9.17) is 9.47 Å². The topological polar surface area (TPSA) is 62.2 Å². The van der Waals surface area contributed by atoms with Crippen molar-refractivity contribution in [2.24, 2.45) is 10.9 Å². The minimum absolute atomic E-state index is 0. The zero-order valence-electron chi connectivity index (χ0n) is 18.0. The molecule has 164 valence electrons. The molecule has 2 fully saturated rings. The van der Waals surface area contributed by atoms with Gasteiger partial charge in [-0.15, -0.1) is 24.0 Å². The molecule has 2 saturated heterocycles. The fourth-order valence-electron chi connectivity index (χ4n) is 3.82. The van der Waals surface area contributed by atoms with Gasteiger partial charge in [0.25, 0.3) is 0 Å². The Balaban J connectivity index is 0.00000300. The van der Waals surface area contributed by atoms with Crippen LogP contribution in [0.5, 0.6) is 0 Å². The summed E-state index contributed by atoms with van der Waals surface area (Å²) in [5.74, 6) is 2.73. The van der Waals surface area contributed by atoms with Gasteiger partial charge in [-0.3, -0.25) is 4.99 Å². The molecule has 0 amide bonds. The Morgan fingerprint density at radius 1 is 1.31 bits per heavy atom. The zero-order valence-corrected chi connectivity index (χ0v) is 20.3. The number of pyridine rings is 1. The summed E-state index contributed by atoms with van der Waals surface area (Å²) in [5, 5.41) is 3.46. The van der Waals surface area contributed by atoms with E-state index in [9.17, 15) is 0 Å². The molecule has 29 heavy (non-hydrogen) atoms. The van der Waals surface area contributed by atoms with Crippen LogP contribution in [0.3, 0.4) is 0 Å². The first-order valence-corrected chi connectivity index (χ1v) is 10.5. The Bertz CT molecular complexity index is 622. The average molecular weight is 517 g/mol. The largest absolute Gasteiger partial charge is 0.381 e. The molecule has 7 nitrogen and oxygen atoms in total. The number of morpholine rings is 1. The molecule has 2 aliphatic rings. The molecule has 0 aromatic carbocycles. The molecule has 1 aromatic rings. The monoisotopic (exact) mass is 517 g/mol. The van der Waals surface area contributed by atoms with Gasteiger partial charge in [-0.1, -0.05) is 6.07 Å². The lowest BCUT2D eigenvalue weighted by molar-refractivity contribution is 0.0529. The fraction of sp³-hybridized carbons (Fsp3) is 0.714. The lowest BCUT2D eigenvalue weighted by atomic mass is 9.96. The molecule has 3 heterocycles. The van der Waals surface area contributed by atoms with E-state index >= 15 is 0 Å². The van der Waals surface area contributed by atoms with Crippen molar-refractivity contribution >= 4 is 35.8 Å². The van der Waals surface area contributed by atoms with E-state index in [-0.39, 0.29) is 30.1 Å². The van der Waals surface area contributed by atoms with E-state index in [2.05, 4.69) is 51.2 Å². The van der Waals surface area contributed by atoms with Crippen LogP contribution in [-0.2, 0) is 16.0 Å². The van der Waals surface area contributed by atoms with Crippen molar-refractivity contribution in [3.63, 3.8) is 0 Å². The minimum atomic E-state index is 0. The Hall–Kier alpha value is -1.13. The van der Waals surface area contributed by atoms with Crippen LogP contribution in [0, 0.1) is 5.92 Å². The molecule has 0 aliphatic carbocycles. The summed E-state index contributed by atoms with van der Waals surface area (Å²) in [6.45, 7) is 8.23. The van der Waals surface area contributed by atoms with Crippen molar-refractivity contribution in [2.45, 2.75) is 38.8 Å². The van der Waals surface area contributed by atoms with Gasteiger partial charge in [-0.2, -0.15) is 0 Å². The molecule has 0 saturated carbocycles. The zero-order chi connectivity index (χ0) is 19.8. The van der Waals surface area contributed by atoms with E-state index in [1.165, 1.54) is 19.3 Å². The summed E-state index contributed by atoms with van der Waals surface area (Å²) in [4.78, 5) is 13.6. The molecule has 0 bridgehead atoms. The first-order valence-electron chi connectivity index (χ1n) is 10.5. The maximum absolute atomic E-state index is 5.61. The second-order valence-electron chi connectivity index (χ2n) is 7.82. The summed E-state index contributed by atoms with van der Waals surface area (Å²) < 4.78 is 11.1. The Morgan fingerprint density at radius 2 is 2.10 bits per heavy atom. The van der Waals surface area contributed by atoms with Crippen LogP contribution in [0.15, 0.2) is 23.3 Å². The normalized spacial score (nSPS) is 20.9. The Morgan fingerprint density at radius 3 is 2.76 bits per heavy atom. The van der Waals surface area contributed by atoms with Crippen LogP contribution >= 0.6 is 24.0 Å². The minimum Gasteiger partial charge on any atom is -0.381 e. The number of hydrogen-bond acceptors (Lipinski definition) is 5. The number of hydrogen-bond donors (Lipinski definition) is 1. The summed E-state index contributed by atoms with van der Waals surface area (Å²) in [6, 6.07) is 4.25. The highest BCUT2D eigenvalue weighted by Gasteiger charge is 2.18. The maximum Gasteiger partial charge on any atom is 0.193 e. The molecule has 8 heteroatoms. The van der Waals surface area contributed by atoms with Crippen LogP contribution in [0.25, 0.3) is 0 Å². The second-order valence-corrected chi connectivity index (χ2v) is 7.82. The predicted octanol–water partition coefficient (Wildman–Crippen LogP) is 2.75. The maximum atomic E-state index is 5.61. The highest BCUT2D eigenvalue weighted by Crippen LogP contribution is 2.18. The molecule has 1 atom stereocenters. The Labute approximate surface area is 192 Å². The summed E-state index contributed by atoms with van der Waals surface area (Å²) in [6.07, 6.45) is 5.77. The Kier molecular flexibility index (Phi) is 10.4. The molecule has 0 spiro atoms. The van der Waals surface area contributed by atoms with E-state index in [0.717, 1.165) is 69.3 Å². The number of nitrogens with zero attached hydrogens (tertiary/aromatic N) is 4. The highest BCUT2D eigenvalue weighted by molar-refractivity contribution is 14.0. The van der Waals surface area contributed by atoms with Gasteiger partial charge in [0.1, 0.15) is 5.82 Å². The lowest BCUT2D eigenvalue weighted by Gasteiger charge is -2.32. The van der Waals surface area contributed by atoms with E-state index < -0.39 is 0 Å². The molecule has 1 N–H and O–H groups in total. The van der Waals surface area contributed by atoms with Gasteiger partial charge in [0.05, 0.1) is 12.7 Å². The second kappa shape index (κ2) is 12.5. The van der Waals surface area contributed by atoms with Crippen LogP contribution in [0.2, 0.25) is 0 Å². The van der Waals surface area contributed by atoms with Crippen molar-refractivity contribution in [3.05, 3.63) is 23.9 Å². The molecule has 3 rings (SSSR count). The van der Waals surface area contributed by atoms with Gasteiger partial charge < -0.3 is 24.6 Å². The van der Waals surface area contributed by atoms with Crippen molar-refractivity contribution < 1.29 is 9.47 Å². The number of rotatable bonds is 6. The number of aromatic nitrogens is 1. The van der Waals surface area contributed by atoms with Crippen molar-refractivity contribution in [1.29, 1.82) is 0 Å². The fourth-order valence-corrected chi connectivity index (χ4v) is 3.82. The van der Waals surface area contributed by atoms with Crippen LogP contribution in [0.1, 0.15) is 31.7 Å². The number of halogens is 1. The highest BCUT2D eigenvalue weighted by atomic mass is 127. The smallest absolute Gasteiger partial charge is 0.193 e. The SMILES string of the molecule is CN=C(NCc1ccc(N2CCOC(C)C2)nc1)N(C)CCC1CCOCC1.I. The van der Waals surface area contributed by atoms with E-state index in [0.29, 0.717) is 0 Å². The van der Waals surface area contributed by atoms with Gasteiger partial charge >= 0.3 is 0 Å². The predicted molar refractivity (Wildman–Crippen MR) is 128 cm³/mol. The lowest BCUT2D eigenvalue weighted by Crippen LogP contribution is -2.41. The molecule has 1 unspecified atom stereocenters. The number of anilines is 1. The van der Waals surface area contributed by atoms with E-state index in [1.807, 2.05) is 13.2 Å². The summed E-state index contributed by atoms with van der Waals surface area (Å²) in [5.41, 5.74) is 1.16. The van der Waals surface area contributed by atoms with Crippen LogP contribution in [0.4, 0.5) is 5.82 Å². The number of ether oxygens (including phenoxy) is 2. The average Bonchev–Trinajstić information content (AvgIpc) is 2.74. The standard InChI is InChI=1S/C21H35N5O2.HI/c1-17-16-26(10-13-28-17)20-5-4-19(14-23-20)15-24-21(22-2)25(3)9-6-18-7-11-27-12-8-18;/h4-5,14,17-18H,6-13,15-16H2,1-3H3,(H,22,24);1H. The third kappa shape index (κ3) is 7.57.